The van der Waals surface area contributed by atoms with E-state index in [-0.39, 0.29) is 11.4 Å². The summed E-state index contributed by atoms with van der Waals surface area (Å²) in [4.78, 5) is 12.3. The van der Waals surface area contributed by atoms with Crippen LogP contribution in [0.15, 0.2) is 18.2 Å². The van der Waals surface area contributed by atoms with Gasteiger partial charge in [0, 0.05) is 6.07 Å². The fraction of sp³-hybridized carbons (Fsp3) is 0.588. The van der Waals surface area contributed by atoms with Crippen LogP contribution >= 0.6 is 0 Å². The molecular weight excluding hydrogens is 266 g/mol. The van der Waals surface area contributed by atoms with E-state index >= 15 is 0 Å². The van der Waals surface area contributed by atoms with E-state index < -0.39 is 0 Å². The molecule has 4 heteroatoms. The average molecular weight is 289 g/mol. The number of rotatable bonds is 6. The summed E-state index contributed by atoms with van der Waals surface area (Å²) in [5.41, 5.74) is 6.23. The Kier molecular flexibility index (Phi) is 3.79. The van der Waals surface area contributed by atoms with Gasteiger partial charge in [-0.3, -0.25) is 4.79 Å². The van der Waals surface area contributed by atoms with Crippen LogP contribution in [0.5, 0.6) is 11.5 Å². The van der Waals surface area contributed by atoms with Gasteiger partial charge in [-0.25, -0.2) is 0 Å². The van der Waals surface area contributed by atoms with Crippen LogP contribution in [-0.4, -0.2) is 12.6 Å². The average Bonchev–Trinajstić information content (AvgIpc) is 3.23. The van der Waals surface area contributed by atoms with E-state index in [2.05, 4.69) is 0 Å². The van der Waals surface area contributed by atoms with Crippen molar-refractivity contribution >= 4 is 11.7 Å². The number of benzene rings is 1. The smallest absolute Gasteiger partial charge is 0.317 e. The van der Waals surface area contributed by atoms with Gasteiger partial charge in [-0.1, -0.05) is 13.3 Å². The van der Waals surface area contributed by atoms with Crippen molar-refractivity contribution in [1.82, 2.24) is 0 Å². The summed E-state index contributed by atoms with van der Waals surface area (Å²) < 4.78 is 11.3. The van der Waals surface area contributed by atoms with Crippen molar-refractivity contribution in [1.29, 1.82) is 0 Å². The molecule has 0 spiro atoms. The monoisotopic (exact) mass is 289 g/mol. The van der Waals surface area contributed by atoms with E-state index in [1.165, 1.54) is 12.8 Å². The first-order chi connectivity index (χ1) is 10.1. The molecule has 2 N–H and O–H groups in total. The molecule has 3 rings (SSSR count). The van der Waals surface area contributed by atoms with E-state index in [1.54, 1.807) is 18.2 Å². The summed E-state index contributed by atoms with van der Waals surface area (Å²) in [7, 11) is 0. The molecule has 0 atom stereocenters. The molecule has 0 radical (unpaired) electrons. The maximum Gasteiger partial charge on any atom is 0.317 e. The maximum absolute atomic E-state index is 12.3. The van der Waals surface area contributed by atoms with Crippen LogP contribution in [0.3, 0.4) is 0 Å². The van der Waals surface area contributed by atoms with Gasteiger partial charge in [0.2, 0.25) is 0 Å². The number of anilines is 1. The minimum Gasteiger partial charge on any atom is -0.491 e. The molecule has 0 aromatic heterocycles. The first-order valence-electron chi connectivity index (χ1n) is 7.87. The van der Waals surface area contributed by atoms with Crippen LogP contribution in [0.2, 0.25) is 0 Å². The summed E-state index contributed by atoms with van der Waals surface area (Å²) in [6, 6.07) is 5.21. The Morgan fingerprint density at radius 3 is 2.71 bits per heavy atom. The Labute approximate surface area is 125 Å². The lowest BCUT2D eigenvalue weighted by molar-refractivity contribution is -0.151. The quantitative estimate of drug-likeness (QED) is 0.494. The van der Waals surface area contributed by atoms with E-state index in [0.717, 1.165) is 25.7 Å². The Bertz CT molecular complexity index is 527. The minimum absolute atomic E-state index is 0.117. The number of hydrogen-bond donors (Lipinski definition) is 1. The fourth-order valence-corrected chi connectivity index (χ4v) is 2.72. The van der Waals surface area contributed by atoms with Crippen molar-refractivity contribution in [3.8, 4) is 11.5 Å². The largest absolute Gasteiger partial charge is 0.491 e. The molecule has 0 saturated heterocycles. The van der Waals surface area contributed by atoms with E-state index in [1.807, 2.05) is 6.92 Å². The molecule has 2 aliphatic carbocycles. The van der Waals surface area contributed by atoms with Gasteiger partial charge in [-0.2, -0.15) is 0 Å². The molecule has 1 aromatic rings. The van der Waals surface area contributed by atoms with Gasteiger partial charge >= 0.3 is 5.97 Å². The van der Waals surface area contributed by atoms with Crippen molar-refractivity contribution in [2.24, 2.45) is 11.3 Å². The summed E-state index contributed by atoms with van der Waals surface area (Å²) in [5, 5.41) is 0. The normalized spacial score (nSPS) is 19.7. The number of nitrogen functional groups attached to an aromatic ring is 1. The van der Waals surface area contributed by atoms with Crippen LogP contribution in [0.25, 0.3) is 0 Å². The summed E-state index contributed by atoms with van der Waals surface area (Å²) in [6.45, 7) is 2.74. The molecule has 21 heavy (non-hydrogen) atoms. The van der Waals surface area contributed by atoms with Gasteiger partial charge in [0.05, 0.1) is 17.7 Å². The first-order valence-corrected chi connectivity index (χ1v) is 7.87. The molecular formula is C17H23NO3. The molecule has 0 heterocycles. The molecule has 2 aliphatic rings. The van der Waals surface area contributed by atoms with Gasteiger partial charge in [0.1, 0.15) is 11.5 Å². The lowest BCUT2D eigenvalue weighted by Crippen LogP contribution is -2.40. The van der Waals surface area contributed by atoms with Gasteiger partial charge < -0.3 is 15.2 Å². The number of ether oxygens (including phenoxy) is 2. The molecule has 0 bridgehead atoms. The van der Waals surface area contributed by atoms with Crippen LogP contribution in [0.4, 0.5) is 5.69 Å². The first kappa shape index (κ1) is 14.2. The van der Waals surface area contributed by atoms with Crippen molar-refractivity contribution in [3.63, 3.8) is 0 Å². The predicted molar refractivity (Wildman–Crippen MR) is 81.3 cm³/mol. The fourth-order valence-electron chi connectivity index (χ4n) is 2.72. The lowest BCUT2D eigenvalue weighted by Gasteiger charge is -2.38. The standard InChI is InChI=1S/C17H23NO3/c1-2-17(8-3-9-17)16(19)21-13-6-7-14(18)15(10-13)20-11-12-4-5-12/h6-7,10,12H,2-5,8-9,11,18H2,1H3. The zero-order valence-electron chi connectivity index (χ0n) is 12.6. The molecule has 114 valence electrons. The maximum atomic E-state index is 12.3. The molecule has 2 saturated carbocycles. The van der Waals surface area contributed by atoms with Crippen LogP contribution < -0.4 is 15.2 Å². The second-order valence-electron chi connectivity index (χ2n) is 6.33. The van der Waals surface area contributed by atoms with Crippen LogP contribution in [-0.2, 0) is 4.79 Å². The zero-order valence-corrected chi connectivity index (χ0v) is 12.6. The van der Waals surface area contributed by atoms with Gasteiger partial charge in [0.15, 0.2) is 0 Å². The summed E-state index contributed by atoms with van der Waals surface area (Å²) in [5.74, 6) is 1.69. The number of esters is 1. The number of carbonyl (C=O) groups is 1. The number of hydrogen-bond acceptors (Lipinski definition) is 4. The van der Waals surface area contributed by atoms with Gasteiger partial charge in [-0.05, 0) is 50.2 Å². The van der Waals surface area contributed by atoms with Crippen molar-refractivity contribution in [2.75, 3.05) is 12.3 Å². The second-order valence-corrected chi connectivity index (χ2v) is 6.33. The molecule has 2 fully saturated rings. The highest BCUT2D eigenvalue weighted by Crippen LogP contribution is 2.45. The molecule has 4 nitrogen and oxygen atoms in total. The summed E-state index contributed by atoms with van der Waals surface area (Å²) >= 11 is 0. The third-order valence-electron chi connectivity index (χ3n) is 4.79. The third kappa shape index (κ3) is 2.99. The number of carbonyl (C=O) groups excluding carboxylic acids is 1. The summed E-state index contributed by atoms with van der Waals surface area (Å²) in [6.07, 6.45) is 6.28. The SMILES string of the molecule is CCC1(C(=O)Oc2ccc(N)c(OCC3CC3)c2)CCC1. The molecule has 0 aliphatic heterocycles. The van der Waals surface area contributed by atoms with Crippen molar-refractivity contribution < 1.29 is 14.3 Å². The van der Waals surface area contributed by atoms with Crippen LogP contribution in [0, 0.1) is 11.3 Å². The third-order valence-corrected chi connectivity index (χ3v) is 4.79. The highest BCUT2D eigenvalue weighted by molar-refractivity contribution is 5.80. The van der Waals surface area contributed by atoms with Crippen LogP contribution in [0.1, 0.15) is 45.4 Å². The molecule has 1 aromatic carbocycles. The zero-order chi connectivity index (χ0) is 14.9. The van der Waals surface area contributed by atoms with E-state index in [0.29, 0.717) is 29.7 Å². The Morgan fingerprint density at radius 2 is 2.14 bits per heavy atom. The Hall–Kier alpha value is -1.71. The lowest BCUT2D eigenvalue weighted by atomic mass is 9.67. The Balaban J connectivity index is 1.66. The van der Waals surface area contributed by atoms with E-state index in [4.69, 9.17) is 15.2 Å². The van der Waals surface area contributed by atoms with Gasteiger partial charge in [0.25, 0.3) is 0 Å². The molecule has 0 amide bonds. The topological polar surface area (TPSA) is 61.5 Å². The van der Waals surface area contributed by atoms with Crippen molar-refractivity contribution in [2.45, 2.75) is 45.4 Å². The number of nitrogens with two attached hydrogens (primary N) is 1. The predicted octanol–water partition coefficient (Wildman–Crippen LogP) is 3.54. The van der Waals surface area contributed by atoms with E-state index in [9.17, 15) is 4.79 Å². The second kappa shape index (κ2) is 5.58. The highest BCUT2D eigenvalue weighted by Gasteiger charge is 2.44. The highest BCUT2D eigenvalue weighted by atomic mass is 16.5. The Morgan fingerprint density at radius 1 is 1.38 bits per heavy atom. The van der Waals surface area contributed by atoms with Crippen molar-refractivity contribution in [3.05, 3.63) is 18.2 Å². The minimum atomic E-state index is -0.267. The molecule has 0 unspecified atom stereocenters. The van der Waals surface area contributed by atoms with Gasteiger partial charge in [-0.15, -0.1) is 0 Å².